The molecule has 0 saturated heterocycles. The van der Waals surface area contributed by atoms with Crippen molar-refractivity contribution in [3.05, 3.63) is 53.5 Å². The van der Waals surface area contributed by atoms with E-state index in [2.05, 4.69) is 17.2 Å². The van der Waals surface area contributed by atoms with Crippen LogP contribution in [0, 0.1) is 18.8 Å². The Morgan fingerprint density at radius 1 is 1.42 bits per heavy atom. The summed E-state index contributed by atoms with van der Waals surface area (Å²) in [6.45, 7) is 1.72. The van der Waals surface area contributed by atoms with Crippen LogP contribution < -0.4 is 5.32 Å². The van der Waals surface area contributed by atoms with Crippen molar-refractivity contribution in [3.8, 4) is 11.8 Å². The second-order valence-electron chi connectivity index (χ2n) is 3.98. The maximum Gasteiger partial charge on any atom is 0.291 e. The average molecular weight is 255 g/mol. The Kier molecular flexibility index (Phi) is 4.01. The molecule has 2 aromatic rings. The van der Waals surface area contributed by atoms with Gasteiger partial charge in [-0.2, -0.15) is 0 Å². The number of hydrogen-bond donors (Lipinski definition) is 2. The summed E-state index contributed by atoms with van der Waals surface area (Å²) in [4.78, 5) is 11.8. The summed E-state index contributed by atoms with van der Waals surface area (Å²) >= 11 is 0. The second-order valence-corrected chi connectivity index (χ2v) is 3.98. The minimum Gasteiger partial charge on any atom is -0.459 e. The molecule has 0 spiro atoms. The minimum absolute atomic E-state index is 0.192. The number of anilines is 1. The fourth-order valence-corrected chi connectivity index (χ4v) is 1.67. The molecule has 1 amide bonds. The van der Waals surface area contributed by atoms with Gasteiger partial charge in [-0.25, -0.2) is 0 Å². The molecule has 4 heteroatoms. The Labute approximate surface area is 111 Å². The van der Waals surface area contributed by atoms with Crippen molar-refractivity contribution in [3.63, 3.8) is 0 Å². The highest BCUT2D eigenvalue weighted by molar-refractivity contribution is 6.02. The Bertz CT molecular complexity index is 633. The highest BCUT2D eigenvalue weighted by Gasteiger charge is 2.09. The fourth-order valence-electron chi connectivity index (χ4n) is 1.67. The summed E-state index contributed by atoms with van der Waals surface area (Å²) in [6.07, 6.45) is 1.45. The summed E-state index contributed by atoms with van der Waals surface area (Å²) in [6, 6.07) is 8.72. The monoisotopic (exact) mass is 255 g/mol. The summed E-state index contributed by atoms with van der Waals surface area (Å²) in [5.41, 5.74) is 2.35. The topological polar surface area (TPSA) is 62.5 Å². The fraction of sp³-hybridized carbons (Fsp3) is 0.133. The van der Waals surface area contributed by atoms with E-state index in [1.165, 1.54) is 6.26 Å². The van der Waals surface area contributed by atoms with Crippen LogP contribution in [0.3, 0.4) is 0 Å². The number of aryl methyl sites for hydroxylation is 1. The first kappa shape index (κ1) is 12.9. The third-order valence-electron chi connectivity index (χ3n) is 2.39. The van der Waals surface area contributed by atoms with E-state index in [-0.39, 0.29) is 18.3 Å². The number of nitrogens with one attached hydrogen (secondary N) is 1. The SMILES string of the molecule is Cc1cc(C#CCO)cc(NC(=O)c2ccco2)c1. The van der Waals surface area contributed by atoms with Crippen molar-refractivity contribution in [1.82, 2.24) is 0 Å². The first-order valence-corrected chi connectivity index (χ1v) is 5.75. The highest BCUT2D eigenvalue weighted by Crippen LogP contribution is 2.15. The molecular formula is C15H13NO3. The highest BCUT2D eigenvalue weighted by atomic mass is 16.3. The van der Waals surface area contributed by atoms with Gasteiger partial charge in [0.05, 0.1) is 6.26 Å². The number of carbonyl (C=O) groups is 1. The molecule has 0 unspecified atom stereocenters. The number of rotatable bonds is 2. The lowest BCUT2D eigenvalue weighted by molar-refractivity contribution is 0.0996. The molecule has 0 saturated carbocycles. The zero-order valence-corrected chi connectivity index (χ0v) is 10.4. The zero-order valence-electron chi connectivity index (χ0n) is 10.4. The summed E-state index contributed by atoms with van der Waals surface area (Å²) < 4.78 is 5.02. The molecule has 0 aliphatic carbocycles. The molecule has 0 aliphatic rings. The molecule has 1 aromatic carbocycles. The van der Waals surface area contributed by atoms with Crippen molar-refractivity contribution in [2.24, 2.45) is 0 Å². The normalized spacial score (nSPS) is 9.58. The average Bonchev–Trinajstić information content (AvgIpc) is 2.89. The lowest BCUT2D eigenvalue weighted by atomic mass is 10.1. The lowest BCUT2D eigenvalue weighted by Crippen LogP contribution is -2.11. The minimum atomic E-state index is -0.309. The molecule has 1 heterocycles. The maximum atomic E-state index is 11.8. The largest absolute Gasteiger partial charge is 0.459 e. The van der Waals surface area contributed by atoms with Crippen LogP contribution in [0.1, 0.15) is 21.7 Å². The van der Waals surface area contributed by atoms with E-state index < -0.39 is 0 Å². The van der Waals surface area contributed by atoms with Gasteiger partial charge in [-0.3, -0.25) is 4.79 Å². The number of benzene rings is 1. The van der Waals surface area contributed by atoms with Crippen molar-refractivity contribution in [1.29, 1.82) is 0 Å². The van der Waals surface area contributed by atoms with E-state index in [1.807, 2.05) is 19.1 Å². The van der Waals surface area contributed by atoms with Crippen LogP contribution in [0.2, 0.25) is 0 Å². The predicted molar refractivity (Wildman–Crippen MR) is 71.8 cm³/mol. The quantitative estimate of drug-likeness (QED) is 0.808. The number of hydrogen-bond acceptors (Lipinski definition) is 3. The molecule has 0 fully saturated rings. The molecule has 1 aromatic heterocycles. The zero-order chi connectivity index (χ0) is 13.7. The van der Waals surface area contributed by atoms with Gasteiger partial charge in [0.25, 0.3) is 5.91 Å². The van der Waals surface area contributed by atoms with Crippen LogP contribution in [0.5, 0.6) is 0 Å². The van der Waals surface area contributed by atoms with Gasteiger partial charge in [-0.1, -0.05) is 11.8 Å². The number of amides is 1. The van der Waals surface area contributed by atoms with Gasteiger partial charge in [-0.15, -0.1) is 0 Å². The van der Waals surface area contributed by atoms with Crippen molar-refractivity contribution < 1.29 is 14.3 Å². The van der Waals surface area contributed by atoms with Gasteiger partial charge in [-0.05, 0) is 42.8 Å². The molecule has 0 aliphatic heterocycles. The van der Waals surface area contributed by atoms with Crippen molar-refractivity contribution in [2.75, 3.05) is 11.9 Å². The van der Waals surface area contributed by atoms with Gasteiger partial charge >= 0.3 is 0 Å². The Morgan fingerprint density at radius 3 is 2.95 bits per heavy atom. The van der Waals surface area contributed by atoms with Gasteiger partial charge < -0.3 is 14.8 Å². The van der Waals surface area contributed by atoms with Crippen LogP contribution in [0.25, 0.3) is 0 Å². The van der Waals surface area contributed by atoms with Gasteiger partial charge in [0.15, 0.2) is 5.76 Å². The van der Waals surface area contributed by atoms with Gasteiger partial charge in [0.1, 0.15) is 6.61 Å². The first-order valence-electron chi connectivity index (χ1n) is 5.75. The second kappa shape index (κ2) is 5.89. The maximum absolute atomic E-state index is 11.8. The van der Waals surface area contributed by atoms with Crippen LogP contribution >= 0.6 is 0 Å². The molecule has 0 atom stereocenters. The smallest absolute Gasteiger partial charge is 0.291 e. The van der Waals surface area contributed by atoms with E-state index in [4.69, 9.17) is 9.52 Å². The van der Waals surface area contributed by atoms with Crippen LogP contribution in [-0.4, -0.2) is 17.6 Å². The Balaban J connectivity index is 2.20. The first-order chi connectivity index (χ1) is 9.19. The van der Waals surface area contributed by atoms with Crippen LogP contribution in [-0.2, 0) is 0 Å². The van der Waals surface area contributed by atoms with Crippen molar-refractivity contribution in [2.45, 2.75) is 6.92 Å². The van der Waals surface area contributed by atoms with Gasteiger partial charge in [0.2, 0.25) is 0 Å². The summed E-state index contributed by atoms with van der Waals surface area (Å²) in [5, 5.41) is 11.4. The Hall–Kier alpha value is -2.51. The molecule has 2 rings (SSSR count). The van der Waals surface area contributed by atoms with E-state index >= 15 is 0 Å². The summed E-state index contributed by atoms with van der Waals surface area (Å²) in [5.74, 6) is 5.33. The molecular weight excluding hydrogens is 242 g/mol. The van der Waals surface area contributed by atoms with Crippen molar-refractivity contribution >= 4 is 11.6 Å². The summed E-state index contributed by atoms with van der Waals surface area (Å²) in [7, 11) is 0. The van der Waals surface area contributed by atoms with E-state index in [0.29, 0.717) is 5.69 Å². The number of aliphatic hydroxyl groups is 1. The molecule has 19 heavy (non-hydrogen) atoms. The third kappa shape index (κ3) is 3.47. The Morgan fingerprint density at radius 2 is 2.26 bits per heavy atom. The number of aliphatic hydroxyl groups excluding tert-OH is 1. The molecule has 96 valence electrons. The lowest BCUT2D eigenvalue weighted by Gasteiger charge is -2.05. The number of furan rings is 1. The van der Waals surface area contributed by atoms with Crippen LogP contribution in [0.15, 0.2) is 41.0 Å². The van der Waals surface area contributed by atoms with E-state index in [0.717, 1.165) is 11.1 Å². The standard InChI is InChI=1S/C15H13NO3/c1-11-8-12(4-2-6-17)10-13(9-11)16-15(18)14-5-3-7-19-14/h3,5,7-10,17H,6H2,1H3,(H,16,18). The molecule has 0 bridgehead atoms. The molecule has 2 N–H and O–H groups in total. The van der Waals surface area contributed by atoms with Gasteiger partial charge in [0, 0.05) is 11.3 Å². The third-order valence-corrected chi connectivity index (χ3v) is 2.39. The molecule has 4 nitrogen and oxygen atoms in total. The molecule has 0 radical (unpaired) electrons. The van der Waals surface area contributed by atoms with E-state index in [9.17, 15) is 4.79 Å². The van der Waals surface area contributed by atoms with E-state index in [1.54, 1.807) is 18.2 Å². The van der Waals surface area contributed by atoms with Crippen LogP contribution in [0.4, 0.5) is 5.69 Å². The predicted octanol–water partition coefficient (Wildman–Crippen LogP) is 2.18. The number of carbonyl (C=O) groups excluding carboxylic acids is 1.